The van der Waals surface area contributed by atoms with Gasteiger partial charge in [0.15, 0.2) is 6.10 Å². The number of carbonyl (C=O) groups excluding carboxylic acids is 2. The molecule has 0 radical (unpaired) electrons. The number of unbranched alkanes of at least 4 members (excludes halogenated alkanes) is 42. The summed E-state index contributed by atoms with van der Waals surface area (Å²) in [5.41, 5.74) is 0. The van der Waals surface area contributed by atoms with Crippen molar-refractivity contribution >= 4 is 11.9 Å². The number of ether oxygens (including phenoxy) is 3. The van der Waals surface area contributed by atoms with Gasteiger partial charge >= 0.3 is 11.9 Å². The highest BCUT2D eigenvalue weighted by atomic mass is 16.6. The quantitative estimate of drug-likeness (QED) is 0.0346. The monoisotopic (exact) mass is 903 g/mol. The lowest BCUT2D eigenvalue weighted by Crippen LogP contribution is -2.30. The molecular formula is C59H114O5. The topological polar surface area (TPSA) is 61.8 Å². The van der Waals surface area contributed by atoms with Crippen molar-refractivity contribution in [1.82, 2.24) is 0 Å². The molecule has 0 spiro atoms. The lowest BCUT2D eigenvalue weighted by molar-refractivity contribution is -0.163. The highest BCUT2D eigenvalue weighted by molar-refractivity contribution is 5.70. The summed E-state index contributed by atoms with van der Waals surface area (Å²) in [4.78, 5) is 25.5. The van der Waals surface area contributed by atoms with Crippen LogP contribution in [0.4, 0.5) is 0 Å². The second-order valence-corrected chi connectivity index (χ2v) is 19.9. The van der Waals surface area contributed by atoms with Gasteiger partial charge in [-0.25, -0.2) is 0 Å². The molecule has 0 saturated heterocycles. The SMILES string of the molecule is CCCCCCCC/C=C\CCCCCCCCCCOCC(COC(=O)CCCCCCCCCCCCCCCCCCCCC)OC(=O)CCCCCCCCCCCCC. The summed E-state index contributed by atoms with van der Waals surface area (Å²) in [7, 11) is 0. The average molecular weight is 904 g/mol. The lowest BCUT2D eigenvalue weighted by Gasteiger charge is -2.18. The normalized spacial score (nSPS) is 12.1. The van der Waals surface area contributed by atoms with E-state index >= 15 is 0 Å². The van der Waals surface area contributed by atoms with E-state index in [4.69, 9.17) is 14.2 Å². The Balaban J connectivity index is 4.14. The summed E-state index contributed by atoms with van der Waals surface area (Å²) in [5, 5.41) is 0. The minimum absolute atomic E-state index is 0.0941. The maximum Gasteiger partial charge on any atom is 0.306 e. The molecule has 0 aromatic rings. The van der Waals surface area contributed by atoms with Crippen LogP contribution < -0.4 is 0 Å². The summed E-state index contributed by atoms with van der Waals surface area (Å²) in [6.45, 7) is 7.89. The second kappa shape index (κ2) is 56.0. The largest absolute Gasteiger partial charge is 0.462 e. The predicted octanol–water partition coefficient (Wildman–Crippen LogP) is 19.8. The maximum absolute atomic E-state index is 12.8. The van der Waals surface area contributed by atoms with E-state index in [9.17, 15) is 9.59 Å². The van der Waals surface area contributed by atoms with E-state index in [1.54, 1.807) is 0 Å². The van der Waals surface area contributed by atoms with Gasteiger partial charge in [0.05, 0.1) is 6.61 Å². The predicted molar refractivity (Wildman–Crippen MR) is 279 cm³/mol. The molecule has 5 heteroatoms. The fraction of sp³-hybridized carbons (Fsp3) is 0.932. The first kappa shape index (κ1) is 62.6. The van der Waals surface area contributed by atoms with Crippen LogP contribution in [0.1, 0.15) is 329 Å². The van der Waals surface area contributed by atoms with Crippen molar-refractivity contribution in [1.29, 1.82) is 0 Å². The molecule has 1 unspecified atom stereocenters. The summed E-state index contributed by atoms with van der Waals surface area (Å²) in [6, 6.07) is 0. The molecule has 0 aliphatic heterocycles. The molecule has 5 nitrogen and oxygen atoms in total. The summed E-state index contributed by atoms with van der Waals surface area (Å²) in [5.74, 6) is -0.373. The van der Waals surface area contributed by atoms with E-state index < -0.39 is 6.10 Å². The number of hydrogen-bond acceptors (Lipinski definition) is 5. The van der Waals surface area contributed by atoms with Crippen molar-refractivity contribution in [3.05, 3.63) is 12.2 Å². The highest BCUT2D eigenvalue weighted by Crippen LogP contribution is 2.17. The molecule has 0 aromatic heterocycles. The summed E-state index contributed by atoms with van der Waals surface area (Å²) in [6.07, 6.45) is 65.2. The molecule has 0 aromatic carbocycles. The third-order valence-electron chi connectivity index (χ3n) is 13.3. The molecule has 64 heavy (non-hydrogen) atoms. The molecule has 0 bridgehead atoms. The van der Waals surface area contributed by atoms with Crippen molar-refractivity contribution in [3.8, 4) is 0 Å². The zero-order valence-electron chi connectivity index (χ0n) is 43.8. The first-order valence-corrected chi connectivity index (χ1v) is 29.2. The van der Waals surface area contributed by atoms with Gasteiger partial charge in [0, 0.05) is 19.4 Å². The van der Waals surface area contributed by atoms with E-state index in [1.165, 1.54) is 263 Å². The van der Waals surface area contributed by atoms with Crippen LogP contribution in [-0.4, -0.2) is 37.9 Å². The van der Waals surface area contributed by atoms with Gasteiger partial charge in [-0.1, -0.05) is 283 Å². The molecule has 0 amide bonds. The maximum atomic E-state index is 12.8. The Morgan fingerprint density at radius 3 is 0.953 bits per heavy atom. The average Bonchev–Trinajstić information content (AvgIpc) is 3.30. The van der Waals surface area contributed by atoms with Crippen LogP contribution in [0, 0.1) is 0 Å². The standard InChI is InChI=1S/C59H114O5/c1-4-7-10-13-16-19-22-24-26-28-30-31-33-35-38-40-43-46-49-52-58(60)63-56-57(64-59(61)53-50-47-44-41-37-21-18-15-12-9-6-3)55-62-54-51-48-45-42-39-36-34-32-29-27-25-23-20-17-14-11-8-5-2/h25,27,57H,4-24,26,28-56H2,1-3H3/b27-25-. The van der Waals surface area contributed by atoms with Gasteiger partial charge in [0.25, 0.3) is 0 Å². The van der Waals surface area contributed by atoms with Gasteiger partial charge in [-0.15, -0.1) is 0 Å². The molecule has 0 fully saturated rings. The minimum Gasteiger partial charge on any atom is -0.462 e. The van der Waals surface area contributed by atoms with Crippen LogP contribution in [0.3, 0.4) is 0 Å². The highest BCUT2D eigenvalue weighted by Gasteiger charge is 2.17. The third kappa shape index (κ3) is 53.3. The molecular weight excluding hydrogens is 789 g/mol. The van der Waals surface area contributed by atoms with Crippen LogP contribution in [-0.2, 0) is 23.8 Å². The van der Waals surface area contributed by atoms with E-state index in [-0.39, 0.29) is 18.5 Å². The van der Waals surface area contributed by atoms with Gasteiger partial charge in [0.1, 0.15) is 6.61 Å². The fourth-order valence-electron chi connectivity index (χ4n) is 8.92. The molecule has 0 aliphatic carbocycles. The summed E-state index contributed by atoms with van der Waals surface area (Å²) >= 11 is 0. The molecule has 0 N–H and O–H groups in total. The summed E-state index contributed by atoms with van der Waals surface area (Å²) < 4.78 is 17.5. The van der Waals surface area contributed by atoms with Crippen molar-refractivity contribution in [2.75, 3.05) is 19.8 Å². The van der Waals surface area contributed by atoms with Crippen LogP contribution in [0.25, 0.3) is 0 Å². The fourth-order valence-corrected chi connectivity index (χ4v) is 8.92. The number of esters is 2. The first-order valence-electron chi connectivity index (χ1n) is 29.2. The first-order chi connectivity index (χ1) is 31.6. The molecule has 380 valence electrons. The van der Waals surface area contributed by atoms with Gasteiger partial charge in [-0.3, -0.25) is 9.59 Å². The lowest BCUT2D eigenvalue weighted by atomic mass is 10.0. The minimum atomic E-state index is -0.528. The molecule has 0 rings (SSSR count). The Kier molecular flexibility index (Phi) is 54.8. The zero-order chi connectivity index (χ0) is 46.3. The smallest absolute Gasteiger partial charge is 0.306 e. The van der Waals surface area contributed by atoms with Crippen molar-refractivity contribution in [2.45, 2.75) is 335 Å². The van der Waals surface area contributed by atoms with Gasteiger partial charge in [-0.2, -0.15) is 0 Å². The van der Waals surface area contributed by atoms with Crippen LogP contribution in [0.2, 0.25) is 0 Å². The molecule has 0 heterocycles. The molecule has 0 saturated carbocycles. The van der Waals surface area contributed by atoms with Gasteiger partial charge in [-0.05, 0) is 44.9 Å². The zero-order valence-corrected chi connectivity index (χ0v) is 43.8. The van der Waals surface area contributed by atoms with E-state index in [2.05, 4.69) is 32.9 Å². The number of rotatable bonds is 55. The Morgan fingerprint density at radius 2 is 0.609 bits per heavy atom. The van der Waals surface area contributed by atoms with E-state index in [0.29, 0.717) is 26.1 Å². The van der Waals surface area contributed by atoms with E-state index in [1.807, 2.05) is 0 Å². The van der Waals surface area contributed by atoms with Crippen molar-refractivity contribution < 1.29 is 23.8 Å². The Labute approximate surface area is 401 Å². The molecule has 0 aliphatic rings. The Hall–Kier alpha value is -1.36. The van der Waals surface area contributed by atoms with E-state index in [0.717, 1.165) is 32.1 Å². The van der Waals surface area contributed by atoms with Crippen molar-refractivity contribution in [3.63, 3.8) is 0 Å². The Bertz CT molecular complexity index is 932. The van der Waals surface area contributed by atoms with Crippen LogP contribution in [0.15, 0.2) is 12.2 Å². The molecule has 1 atom stereocenters. The number of hydrogen-bond donors (Lipinski definition) is 0. The van der Waals surface area contributed by atoms with Crippen LogP contribution >= 0.6 is 0 Å². The van der Waals surface area contributed by atoms with Crippen molar-refractivity contribution in [2.24, 2.45) is 0 Å². The number of carbonyl (C=O) groups is 2. The van der Waals surface area contributed by atoms with Gasteiger partial charge in [0.2, 0.25) is 0 Å². The van der Waals surface area contributed by atoms with Gasteiger partial charge < -0.3 is 14.2 Å². The Morgan fingerprint density at radius 1 is 0.328 bits per heavy atom. The number of allylic oxidation sites excluding steroid dienone is 2. The second-order valence-electron chi connectivity index (χ2n) is 19.9. The van der Waals surface area contributed by atoms with Crippen LogP contribution in [0.5, 0.6) is 0 Å². The third-order valence-corrected chi connectivity index (χ3v) is 13.3.